The number of rotatable bonds is 10. The molecule has 29 heavy (non-hydrogen) atoms. The largest absolute Gasteiger partial charge is 0.493 e. The van der Waals surface area contributed by atoms with Crippen LogP contribution in [0.3, 0.4) is 0 Å². The smallest absolute Gasteiger partial charge is 0.203 e. The average molecular weight is 400 g/mol. The second kappa shape index (κ2) is 11.1. The van der Waals surface area contributed by atoms with Crippen LogP contribution in [0.25, 0.3) is 0 Å². The molecule has 1 aliphatic rings. The summed E-state index contributed by atoms with van der Waals surface area (Å²) in [6.07, 6.45) is 5.73. The molecule has 3 rings (SSSR count). The van der Waals surface area contributed by atoms with E-state index in [1.54, 1.807) is 14.2 Å². The van der Waals surface area contributed by atoms with E-state index in [2.05, 4.69) is 29.6 Å². The van der Waals surface area contributed by atoms with Crippen LogP contribution in [0.15, 0.2) is 48.5 Å². The Morgan fingerprint density at radius 1 is 0.931 bits per heavy atom. The molecular formula is C24H33NO4. The molecule has 0 unspecified atom stereocenters. The SMILES string of the molecule is COc1cccc(OC)c1OC[C@H](O)CN[C@@H](c1ccccc1)C1CCCCC1. The van der Waals surface area contributed by atoms with Gasteiger partial charge in [0, 0.05) is 12.6 Å². The molecule has 0 heterocycles. The maximum absolute atomic E-state index is 10.6. The van der Waals surface area contributed by atoms with Crippen molar-refractivity contribution in [2.75, 3.05) is 27.4 Å². The second-order valence-corrected chi connectivity index (χ2v) is 7.65. The van der Waals surface area contributed by atoms with Gasteiger partial charge in [-0.15, -0.1) is 0 Å². The minimum Gasteiger partial charge on any atom is -0.493 e. The van der Waals surface area contributed by atoms with Crippen LogP contribution in [-0.2, 0) is 0 Å². The van der Waals surface area contributed by atoms with Gasteiger partial charge in [0.2, 0.25) is 5.75 Å². The molecule has 2 aromatic carbocycles. The third-order valence-electron chi connectivity index (χ3n) is 5.66. The van der Waals surface area contributed by atoms with Crippen LogP contribution >= 0.6 is 0 Å². The molecular weight excluding hydrogens is 366 g/mol. The Morgan fingerprint density at radius 2 is 1.59 bits per heavy atom. The summed E-state index contributed by atoms with van der Waals surface area (Å²) in [5.74, 6) is 2.31. The number of hydrogen-bond acceptors (Lipinski definition) is 5. The Hall–Kier alpha value is -2.24. The molecule has 1 saturated carbocycles. The Kier molecular flexibility index (Phi) is 8.20. The lowest BCUT2D eigenvalue weighted by Crippen LogP contribution is -2.37. The van der Waals surface area contributed by atoms with Gasteiger partial charge >= 0.3 is 0 Å². The number of hydrogen-bond donors (Lipinski definition) is 2. The molecule has 2 aromatic rings. The molecule has 0 bridgehead atoms. The quantitative estimate of drug-likeness (QED) is 0.622. The molecule has 0 spiro atoms. The summed E-state index contributed by atoms with van der Waals surface area (Å²) in [6, 6.07) is 16.3. The van der Waals surface area contributed by atoms with Gasteiger partial charge in [-0.05, 0) is 36.5 Å². The van der Waals surface area contributed by atoms with E-state index >= 15 is 0 Å². The van der Waals surface area contributed by atoms with Crippen LogP contribution in [0.5, 0.6) is 17.2 Å². The molecule has 158 valence electrons. The summed E-state index contributed by atoms with van der Waals surface area (Å²) in [5.41, 5.74) is 1.29. The van der Waals surface area contributed by atoms with Crippen LogP contribution < -0.4 is 19.5 Å². The third kappa shape index (κ3) is 5.87. The van der Waals surface area contributed by atoms with Crippen LogP contribution in [-0.4, -0.2) is 38.6 Å². The van der Waals surface area contributed by atoms with Gasteiger partial charge in [0.25, 0.3) is 0 Å². The number of aliphatic hydroxyl groups is 1. The average Bonchev–Trinajstić information content (AvgIpc) is 2.79. The van der Waals surface area contributed by atoms with Gasteiger partial charge in [-0.25, -0.2) is 0 Å². The molecule has 0 radical (unpaired) electrons. The molecule has 0 aromatic heterocycles. The summed E-state index contributed by atoms with van der Waals surface area (Å²) < 4.78 is 16.6. The normalized spacial score (nSPS) is 16.8. The Labute approximate surface area is 174 Å². The lowest BCUT2D eigenvalue weighted by molar-refractivity contribution is 0.0958. The lowest BCUT2D eigenvalue weighted by atomic mass is 9.81. The Bertz CT molecular complexity index is 709. The minimum atomic E-state index is -0.639. The third-order valence-corrected chi connectivity index (χ3v) is 5.66. The molecule has 0 amide bonds. The monoisotopic (exact) mass is 399 g/mol. The van der Waals surface area contributed by atoms with Crippen molar-refractivity contribution in [3.63, 3.8) is 0 Å². The van der Waals surface area contributed by atoms with Crippen LogP contribution in [0.1, 0.15) is 43.7 Å². The number of para-hydroxylation sites is 1. The highest BCUT2D eigenvalue weighted by Crippen LogP contribution is 2.37. The van der Waals surface area contributed by atoms with E-state index in [4.69, 9.17) is 14.2 Å². The summed E-state index contributed by atoms with van der Waals surface area (Å²) in [5, 5.41) is 14.2. The van der Waals surface area contributed by atoms with Gasteiger partial charge < -0.3 is 24.6 Å². The van der Waals surface area contributed by atoms with E-state index in [9.17, 15) is 5.11 Å². The number of methoxy groups -OCH3 is 2. The first-order valence-electron chi connectivity index (χ1n) is 10.5. The lowest BCUT2D eigenvalue weighted by Gasteiger charge is -2.32. The van der Waals surface area contributed by atoms with Gasteiger partial charge in [-0.3, -0.25) is 0 Å². The molecule has 5 heteroatoms. The molecule has 1 fully saturated rings. The van der Waals surface area contributed by atoms with Crippen molar-refractivity contribution in [2.45, 2.75) is 44.2 Å². The fourth-order valence-electron chi connectivity index (χ4n) is 4.15. The maximum Gasteiger partial charge on any atom is 0.203 e. The predicted molar refractivity (Wildman–Crippen MR) is 115 cm³/mol. The number of ether oxygens (including phenoxy) is 3. The summed E-state index contributed by atoms with van der Waals surface area (Å²) >= 11 is 0. The number of benzene rings is 2. The summed E-state index contributed by atoms with van der Waals surface area (Å²) in [6.45, 7) is 0.628. The summed E-state index contributed by atoms with van der Waals surface area (Å²) in [4.78, 5) is 0. The zero-order chi connectivity index (χ0) is 20.5. The molecule has 1 aliphatic carbocycles. The molecule has 2 atom stereocenters. The van der Waals surface area contributed by atoms with E-state index in [-0.39, 0.29) is 12.6 Å². The molecule has 2 N–H and O–H groups in total. The van der Waals surface area contributed by atoms with E-state index < -0.39 is 6.10 Å². The van der Waals surface area contributed by atoms with Crippen molar-refractivity contribution in [3.8, 4) is 17.2 Å². The topological polar surface area (TPSA) is 60.0 Å². The minimum absolute atomic E-state index is 0.163. The molecule has 5 nitrogen and oxygen atoms in total. The van der Waals surface area contributed by atoms with Crippen molar-refractivity contribution in [3.05, 3.63) is 54.1 Å². The van der Waals surface area contributed by atoms with E-state index in [1.165, 1.54) is 37.7 Å². The van der Waals surface area contributed by atoms with Crippen molar-refractivity contribution < 1.29 is 19.3 Å². The fourth-order valence-corrected chi connectivity index (χ4v) is 4.15. The van der Waals surface area contributed by atoms with Gasteiger partial charge in [0.1, 0.15) is 12.7 Å². The highest BCUT2D eigenvalue weighted by Gasteiger charge is 2.25. The first-order chi connectivity index (χ1) is 14.2. The van der Waals surface area contributed by atoms with Crippen LogP contribution in [0.2, 0.25) is 0 Å². The van der Waals surface area contributed by atoms with E-state index in [0.29, 0.717) is 29.7 Å². The van der Waals surface area contributed by atoms with Crippen LogP contribution in [0.4, 0.5) is 0 Å². The molecule has 0 saturated heterocycles. The number of nitrogens with one attached hydrogen (secondary N) is 1. The van der Waals surface area contributed by atoms with Gasteiger partial charge in [0.15, 0.2) is 11.5 Å². The summed E-state index contributed by atoms with van der Waals surface area (Å²) in [7, 11) is 3.18. The zero-order valence-electron chi connectivity index (χ0n) is 17.5. The van der Waals surface area contributed by atoms with E-state index in [0.717, 1.165) is 0 Å². The second-order valence-electron chi connectivity index (χ2n) is 7.65. The zero-order valence-corrected chi connectivity index (χ0v) is 17.5. The van der Waals surface area contributed by atoms with Crippen molar-refractivity contribution in [1.82, 2.24) is 5.32 Å². The van der Waals surface area contributed by atoms with Gasteiger partial charge in [-0.1, -0.05) is 55.7 Å². The van der Waals surface area contributed by atoms with Gasteiger partial charge in [-0.2, -0.15) is 0 Å². The number of aliphatic hydroxyl groups excluding tert-OH is 1. The predicted octanol–water partition coefficient (Wildman–Crippen LogP) is 4.35. The van der Waals surface area contributed by atoms with Gasteiger partial charge in [0.05, 0.1) is 14.2 Å². The van der Waals surface area contributed by atoms with Crippen molar-refractivity contribution in [2.24, 2.45) is 5.92 Å². The standard InChI is InChI=1S/C24H33NO4/c1-27-21-14-9-15-22(28-2)24(21)29-17-20(26)16-25-23(18-10-5-3-6-11-18)19-12-7-4-8-13-19/h3,5-6,9-11,14-15,19-20,23,25-26H,4,7-8,12-13,16-17H2,1-2H3/t20-,23+/m1/s1. The first-order valence-corrected chi connectivity index (χ1v) is 10.5. The van der Waals surface area contributed by atoms with Crippen molar-refractivity contribution in [1.29, 1.82) is 0 Å². The van der Waals surface area contributed by atoms with E-state index in [1.807, 2.05) is 24.3 Å². The van der Waals surface area contributed by atoms with Crippen LogP contribution in [0, 0.1) is 5.92 Å². The highest BCUT2D eigenvalue weighted by molar-refractivity contribution is 5.51. The Morgan fingerprint density at radius 3 is 2.21 bits per heavy atom. The molecule has 0 aliphatic heterocycles. The van der Waals surface area contributed by atoms with Crippen molar-refractivity contribution >= 4 is 0 Å². The highest BCUT2D eigenvalue weighted by atomic mass is 16.5. The fraction of sp³-hybridized carbons (Fsp3) is 0.500. The Balaban J connectivity index is 1.60. The maximum atomic E-state index is 10.6. The first kappa shape index (κ1) is 21.5.